The fourth-order valence-corrected chi connectivity index (χ4v) is 4.59. The number of nitrogen functional groups attached to an aromatic ring is 3. The maximum Gasteiger partial charge on any atom is 0.419 e. The van der Waals surface area contributed by atoms with Crippen LogP contribution in [0.3, 0.4) is 0 Å². The van der Waals surface area contributed by atoms with E-state index < -0.39 is 70.2 Å². The molecule has 0 radical (unpaired) electrons. The highest BCUT2D eigenvalue weighted by Crippen LogP contribution is 2.61. The lowest BCUT2D eigenvalue weighted by Gasteiger charge is -2.41. The van der Waals surface area contributed by atoms with Crippen molar-refractivity contribution >= 4 is 22.6 Å². The van der Waals surface area contributed by atoms with Crippen LogP contribution in [0.2, 0.25) is 0 Å². The molecule has 3 aromatic carbocycles. The highest BCUT2D eigenvalue weighted by molar-refractivity contribution is 5.76. The summed E-state index contributed by atoms with van der Waals surface area (Å²) in [7, 11) is 0. The van der Waals surface area contributed by atoms with Crippen LogP contribution in [-0.4, -0.2) is 12.4 Å². The van der Waals surface area contributed by atoms with E-state index in [9.17, 15) is 52.7 Å². The Kier molecular flexibility index (Phi) is 8.91. The number of allylic oxidation sites excluding steroid dienone is 4. The summed E-state index contributed by atoms with van der Waals surface area (Å²) >= 11 is 0. The van der Waals surface area contributed by atoms with E-state index in [-0.39, 0.29) is 22.5 Å². The van der Waals surface area contributed by atoms with Gasteiger partial charge in [-0.1, -0.05) is 36.4 Å². The minimum absolute atomic E-state index is 0.0352. The van der Waals surface area contributed by atoms with Gasteiger partial charge >= 0.3 is 24.7 Å². The van der Waals surface area contributed by atoms with Crippen LogP contribution in [0.5, 0.6) is 0 Å². The number of halogens is 12. The second kappa shape index (κ2) is 11.5. The van der Waals surface area contributed by atoms with Gasteiger partial charge in [-0.15, -0.1) is 0 Å². The Balaban J connectivity index is 0.000000240. The molecule has 1 aliphatic carbocycles. The van der Waals surface area contributed by atoms with Crippen LogP contribution < -0.4 is 22.9 Å². The molecule has 0 fully saturated rings. The van der Waals surface area contributed by atoms with Crippen molar-refractivity contribution in [2.45, 2.75) is 31.1 Å². The van der Waals surface area contributed by atoms with Crippen molar-refractivity contribution in [3.8, 4) is 11.1 Å². The standard InChI is InChI=1S/C14H12F6N2.C14H10F6N2/c15-13(16,17)12(14(18,19)20)7-10(22)5-6-11(12)8-1-3-9(21)4-2-8;15-13(16,17)11-9(7-1-3-8(21)4-2-7)5-6-10(22)12(11)14(18,19)20/h1-6H,7,21-22H2;1-6H,21-22H2. The summed E-state index contributed by atoms with van der Waals surface area (Å²) in [6, 6.07) is 11.5. The Morgan fingerprint density at radius 2 is 0.932 bits per heavy atom. The van der Waals surface area contributed by atoms with Crippen LogP contribution in [0.15, 0.2) is 78.5 Å². The predicted octanol–water partition coefficient (Wildman–Crippen LogP) is 8.57. The van der Waals surface area contributed by atoms with Gasteiger partial charge in [-0.25, -0.2) is 0 Å². The Morgan fingerprint density at radius 1 is 0.500 bits per heavy atom. The van der Waals surface area contributed by atoms with Gasteiger partial charge in [0.2, 0.25) is 0 Å². The van der Waals surface area contributed by atoms with Gasteiger partial charge in [0, 0.05) is 29.2 Å². The van der Waals surface area contributed by atoms with E-state index in [1.54, 1.807) is 0 Å². The number of rotatable bonds is 2. The molecule has 0 aliphatic heterocycles. The topological polar surface area (TPSA) is 104 Å². The number of anilines is 3. The molecule has 0 atom stereocenters. The average Bonchev–Trinajstić information content (AvgIpc) is 2.87. The van der Waals surface area contributed by atoms with Gasteiger partial charge in [-0.05, 0) is 58.7 Å². The van der Waals surface area contributed by atoms with E-state index in [2.05, 4.69) is 0 Å². The van der Waals surface area contributed by atoms with E-state index in [1.807, 2.05) is 0 Å². The third kappa shape index (κ3) is 6.68. The minimum Gasteiger partial charge on any atom is -0.402 e. The zero-order valence-electron chi connectivity index (χ0n) is 22.0. The van der Waals surface area contributed by atoms with E-state index in [1.165, 1.54) is 36.4 Å². The van der Waals surface area contributed by atoms with Gasteiger partial charge in [-0.3, -0.25) is 0 Å². The van der Waals surface area contributed by atoms with E-state index in [4.69, 9.17) is 22.9 Å². The molecular formula is C28H22F12N4. The van der Waals surface area contributed by atoms with Crippen molar-refractivity contribution in [2.75, 3.05) is 17.2 Å². The van der Waals surface area contributed by atoms with Gasteiger partial charge in [0.15, 0.2) is 5.41 Å². The molecule has 4 rings (SSSR count). The average molecular weight is 642 g/mol. The molecule has 1 aliphatic rings. The maximum absolute atomic E-state index is 13.4. The van der Waals surface area contributed by atoms with Crippen molar-refractivity contribution in [3.05, 3.63) is 95.2 Å². The summed E-state index contributed by atoms with van der Waals surface area (Å²) < 4.78 is 159. The van der Waals surface area contributed by atoms with Gasteiger partial charge in [0.1, 0.15) is 0 Å². The number of benzene rings is 3. The fraction of sp³-hybridized carbons (Fsp3) is 0.214. The van der Waals surface area contributed by atoms with Crippen LogP contribution in [0.25, 0.3) is 16.7 Å². The highest BCUT2D eigenvalue weighted by atomic mass is 19.4. The normalized spacial score (nSPS) is 15.5. The molecule has 8 N–H and O–H groups in total. The molecule has 0 saturated carbocycles. The molecule has 238 valence electrons. The van der Waals surface area contributed by atoms with Crippen molar-refractivity contribution in [1.29, 1.82) is 0 Å². The summed E-state index contributed by atoms with van der Waals surface area (Å²) in [5.74, 6) is 0. The first kappa shape index (κ1) is 34.0. The third-order valence-corrected chi connectivity index (χ3v) is 6.61. The maximum atomic E-state index is 13.4. The van der Waals surface area contributed by atoms with Crippen molar-refractivity contribution in [3.63, 3.8) is 0 Å². The van der Waals surface area contributed by atoms with Gasteiger partial charge in [0.05, 0.1) is 11.1 Å². The highest BCUT2D eigenvalue weighted by Gasteiger charge is 2.72. The Morgan fingerprint density at radius 3 is 1.34 bits per heavy atom. The second-order valence-corrected chi connectivity index (χ2v) is 9.59. The monoisotopic (exact) mass is 642 g/mol. The van der Waals surface area contributed by atoms with Gasteiger partial charge in [0.25, 0.3) is 0 Å². The largest absolute Gasteiger partial charge is 0.419 e. The Bertz CT molecular complexity index is 1530. The zero-order chi connectivity index (χ0) is 33.5. The molecule has 16 heteroatoms. The van der Waals surface area contributed by atoms with Crippen LogP contribution in [0.4, 0.5) is 69.7 Å². The Labute approximate surface area is 241 Å². The SMILES string of the molecule is NC1=CC=C(c2ccc(N)cc2)C(C(F)(F)F)(C(F)(F)F)C1.Nc1ccc(-c2ccc(N)c(C(F)(F)F)c2C(F)(F)F)cc1. The summed E-state index contributed by atoms with van der Waals surface area (Å²) in [5, 5.41) is 0. The lowest BCUT2D eigenvalue weighted by Crippen LogP contribution is -2.52. The van der Waals surface area contributed by atoms with Crippen LogP contribution >= 0.6 is 0 Å². The first-order valence-corrected chi connectivity index (χ1v) is 12.1. The summed E-state index contributed by atoms with van der Waals surface area (Å²) in [6.07, 6.45) is -21.1. The molecule has 0 bridgehead atoms. The summed E-state index contributed by atoms with van der Waals surface area (Å²) in [6.45, 7) is 0. The zero-order valence-corrected chi connectivity index (χ0v) is 22.0. The molecule has 0 heterocycles. The molecule has 3 aromatic rings. The quantitative estimate of drug-likeness (QED) is 0.166. The first-order chi connectivity index (χ1) is 20.0. The van der Waals surface area contributed by atoms with Crippen molar-refractivity contribution < 1.29 is 52.7 Å². The second-order valence-electron chi connectivity index (χ2n) is 9.59. The molecule has 0 unspecified atom stereocenters. The first-order valence-electron chi connectivity index (χ1n) is 12.1. The van der Waals surface area contributed by atoms with Gasteiger partial charge in [-0.2, -0.15) is 52.7 Å². The molecule has 4 nitrogen and oxygen atoms in total. The Hall–Kier alpha value is -4.50. The summed E-state index contributed by atoms with van der Waals surface area (Å²) in [5.41, 5.74) is 10.9. The minimum atomic E-state index is -5.54. The fourth-order valence-electron chi connectivity index (χ4n) is 4.59. The molecule has 0 saturated heterocycles. The molecule has 0 amide bonds. The lowest BCUT2D eigenvalue weighted by atomic mass is 9.69. The summed E-state index contributed by atoms with van der Waals surface area (Å²) in [4.78, 5) is 0. The van der Waals surface area contributed by atoms with Crippen molar-refractivity contribution in [1.82, 2.24) is 0 Å². The molecule has 0 aromatic heterocycles. The number of hydrogen-bond acceptors (Lipinski definition) is 4. The number of hydrogen-bond donors (Lipinski definition) is 4. The third-order valence-electron chi connectivity index (χ3n) is 6.61. The van der Waals surface area contributed by atoms with Crippen LogP contribution in [-0.2, 0) is 12.4 Å². The number of nitrogens with two attached hydrogens (primary N) is 4. The number of alkyl halides is 12. The lowest BCUT2D eigenvalue weighted by molar-refractivity contribution is -0.316. The van der Waals surface area contributed by atoms with Crippen LogP contribution in [0.1, 0.15) is 23.1 Å². The van der Waals surface area contributed by atoms with E-state index in [0.29, 0.717) is 0 Å². The molecule has 0 spiro atoms. The van der Waals surface area contributed by atoms with E-state index in [0.717, 1.165) is 36.4 Å². The van der Waals surface area contributed by atoms with Crippen LogP contribution in [0, 0.1) is 5.41 Å². The molecule has 44 heavy (non-hydrogen) atoms. The van der Waals surface area contributed by atoms with Gasteiger partial charge < -0.3 is 22.9 Å². The van der Waals surface area contributed by atoms with E-state index >= 15 is 0 Å². The predicted molar refractivity (Wildman–Crippen MR) is 141 cm³/mol. The van der Waals surface area contributed by atoms with Crippen molar-refractivity contribution in [2.24, 2.45) is 11.1 Å². The molecular weight excluding hydrogens is 620 g/mol. The smallest absolute Gasteiger partial charge is 0.402 e.